The third kappa shape index (κ3) is 5.94. The standard InChI is InChI=1S/C15H15F2N5O2S.C6H4F2/c1-8-9(5-18)10(21-12(20-8)13-19-2-3-25-13)6-22-7-15(16,17)4-11(22)14(23)24;7-5-3-1-2-4-6(5)8/h2-3,8,11H,4,6-7H2,1H3,(H,20,21)(H,23,24);1-4H. The number of alkyl halides is 2. The Kier molecular flexibility index (Phi) is 7.45. The van der Waals surface area contributed by atoms with Gasteiger partial charge in [0.25, 0.3) is 5.92 Å². The van der Waals surface area contributed by atoms with Gasteiger partial charge in [-0.1, -0.05) is 12.1 Å². The number of carbonyl (C=O) groups is 1. The van der Waals surface area contributed by atoms with E-state index in [1.807, 2.05) is 6.07 Å². The minimum atomic E-state index is -3.07. The molecule has 2 unspecified atom stereocenters. The van der Waals surface area contributed by atoms with Gasteiger partial charge in [-0.3, -0.25) is 14.7 Å². The van der Waals surface area contributed by atoms with Crippen LogP contribution in [0.15, 0.2) is 52.1 Å². The largest absolute Gasteiger partial charge is 0.480 e. The lowest BCUT2D eigenvalue weighted by Crippen LogP contribution is -2.43. The van der Waals surface area contributed by atoms with Crippen molar-refractivity contribution in [2.45, 2.75) is 31.4 Å². The van der Waals surface area contributed by atoms with Crippen molar-refractivity contribution in [1.82, 2.24) is 15.2 Å². The maximum atomic E-state index is 13.7. The molecule has 1 aromatic heterocycles. The monoisotopic (exact) mass is 481 g/mol. The molecular formula is C21H19F4N5O2S. The lowest BCUT2D eigenvalue weighted by Gasteiger charge is -2.27. The summed E-state index contributed by atoms with van der Waals surface area (Å²) in [5.41, 5.74) is 0.693. The summed E-state index contributed by atoms with van der Waals surface area (Å²) < 4.78 is 51.2. The number of thiazole rings is 1. The second-order valence-corrected chi connectivity index (χ2v) is 8.25. The molecule has 2 aromatic rings. The van der Waals surface area contributed by atoms with Gasteiger partial charge in [0.15, 0.2) is 22.5 Å². The molecule has 33 heavy (non-hydrogen) atoms. The van der Waals surface area contributed by atoms with Gasteiger partial charge < -0.3 is 10.4 Å². The van der Waals surface area contributed by atoms with Crippen molar-refractivity contribution in [3.05, 3.63) is 63.8 Å². The van der Waals surface area contributed by atoms with E-state index in [1.54, 1.807) is 18.5 Å². The van der Waals surface area contributed by atoms with E-state index < -0.39 is 48.6 Å². The van der Waals surface area contributed by atoms with Crippen molar-refractivity contribution < 1.29 is 27.5 Å². The van der Waals surface area contributed by atoms with E-state index in [4.69, 9.17) is 0 Å². The first-order valence-corrected chi connectivity index (χ1v) is 10.6. The molecule has 3 heterocycles. The van der Waals surface area contributed by atoms with Gasteiger partial charge in [0.05, 0.1) is 24.2 Å². The number of aliphatic imine (C=N–C) groups is 1. The molecule has 2 aliphatic heterocycles. The summed E-state index contributed by atoms with van der Waals surface area (Å²) in [6.45, 7) is 0.969. The number of rotatable bonds is 4. The molecule has 12 heteroatoms. The molecule has 1 saturated heterocycles. The predicted octanol–water partition coefficient (Wildman–Crippen LogP) is 3.42. The molecule has 0 saturated carbocycles. The fraction of sp³-hybridized carbons (Fsp3) is 0.333. The van der Waals surface area contributed by atoms with E-state index >= 15 is 0 Å². The molecule has 0 radical (unpaired) electrons. The number of aliphatic carboxylic acids is 1. The van der Waals surface area contributed by atoms with Crippen molar-refractivity contribution in [2.24, 2.45) is 4.99 Å². The Morgan fingerprint density at radius 1 is 1.36 bits per heavy atom. The van der Waals surface area contributed by atoms with E-state index in [0.29, 0.717) is 22.1 Å². The van der Waals surface area contributed by atoms with Gasteiger partial charge >= 0.3 is 5.97 Å². The molecule has 0 spiro atoms. The zero-order valence-electron chi connectivity index (χ0n) is 17.3. The fourth-order valence-electron chi connectivity index (χ4n) is 3.42. The highest BCUT2D eigenvalue weighted by Crippen LogP contribution is 2.33. The highest BCUT2D eigenvalue weighted by molar-refractivity contribution is 7.11. The van der Waals surface area contributed by atoms with Crippen molar-refractivity contribution in [3.63, 3.8) is 0 Å². The van der Waals surface area contributed by atoms with Crippen molar-refractivity contribution in [1.29, 1.82) is 5.26 Å². The molecule has 2 atom stereocenters. The second-order valence-electron chi connectivity index (χ2n) is 7.35. The smallest absolute Gasteiger partial charge is 0.321 e. The minimum absolute atomic E-state index is 0.0931. The van der Waals surface area contributed by atoms with Crippen LogP contribution in [0, 0.1) is 23.0 Å². The summed E-state index contributed by atoms with van der Waals surface area (Å²) in [6.07, 6.45) is 0.875. The van der Waals surface area contributed by atoms with Crippen LogP contribution in [0.1, 0.15) is 18.4 Å². The summed E-state index contributed by atoms with van der Waals surface area (Å²) in [7, 11) is 0. The SMILES string of the molecule is CC1N=C(c2nccs2)NC(CN2CC(F)(F)CC2C(=O)O)=C1C#N.Fc1ccccc1F. The summed E-state index contributed by atoms with van der Waals surface area (Å²) in [5, 5.41) is 24.0. The van der Waals surface area contributed by atoms with Crippen LogP contribution in [0.4, 0.5) is 17.6 Å². The van der Waals surface area contributed by atoms with E-state index in [2.05, 4.69) is 15.3 Å². The number of nitriles is 1. The van der Waals surface area contributed by atoms with Crippen LogP contribution in [0.25, 0.3) is 0 Å². The van der Waals surface area contributed by atoms with Crippen LogP contribution < -0.4 is 5.32 Å². The van der Waals surface area contributed by atoms with E-state index in [1.165, 1.54) is 28.4 Å². The number of carboxylic acids is 1. The molecule has 2 aliphatic rings. The topological polar surface area (TPSA) is 102 Å². The number of nitrogens with zero attached hydrogens (tertiary/aromatic N) is 4. The molecule has 0 aliphatic carbocycles. The lowest BCUT2D eigenvalue weighted by molar-refractivity contribution is -0.142. The molecule has 2 N–H and O–H groups in total. The zero-order chi connectivity index (χ0) is 24.2. The molecule has 4 rings (SSSR count). The first kappa shape index (κ1) is 24.3. The zero-order valence-corrected chi connectivity index (χ0v) is 18.1. The van der Waals surface area contributed by atoms with Crippen LogP contribution in [0.2, 0.25) is 0 Å². The number of carboxylic acid groups (broad SMARTS) is 1. The number of halogens is 4. The molecule has 174 valence electrons. The van der Waals surface area contributed by atoms with Crippen LogP contribution in [-0.2, 0) is 4.79 Å². The fourth-order valence-corrected chi connectivity index (χ4v) is 4.01. The molecule has 1 fully saturated rings. The van der Waals surface area contributed by atoms with Gasteiger partial charge in [0.2, 0.25) is 0 Å². The van der Waals surface area contributed by atoms with Crippen LogP contribution in [0.3, 0.4) is 0 Å². The Labute approximate surface area is 190 Å². The average Bonchev–Trinajstić information content (AvgIpc) is 3.38. The summed E-state index contributed by atoms with van der Waals surface area (Å²) in [4.78, 5) is 21.0. The van der Waals surface area contributed by atoms with Crippen molar-refractivity contribution in [2.75, 3.05) is 13.1 Å². The number of hydrogen-bond acceptors (Lipinski definition) is 7. The van der Waals surface area contributed by atoms with Gasteiger partial charge in [-0.05, 0) is 19.1 Å². The van der Waals surface area contributed by atoms with Crippen LogP contribution in [0.5, 0.6) is 0 Å². The van der Waals surface area contributed by atoms with Gasteiger partial charge in [-0.25, -0.2) is 22.5 Å². The van der Waals surface area contributed by atoms with E-state index in [9.17, 15) is 32.7 Å². The number of nitrogens with one attached hydrogen (secondary N) is 1. The third-order valence-electron chi connectivity index (χ3n) is 4.93. The number of likely N-dealkylation sites (tertiary alicyclic amines) is 1. The Balaban J connectivity index is 0.000000323. The van der Waals surface area contributed by atoms with Crippen molar-refractivity contribution in [3.8, 4) is 6.07 Å². The average molecular weight is 481 g/mol. The molecular weight excluding hydrogens is 462 g/mol. The van der Waals surface area contributed by atoms with Gasteiger partial charge in [0, 0.05) is 30.2 Å². The highest BCUT2D eigenvalue weighted by Gasteiger charge is 2.48. The van der Waals surface area contributed by atoms with E-state index in [0.717, 1.165) is 12.1 Å². The normalized spacial score (nSPS) is 22.0. The van der Waals surface area contributed by atoms with Crippen LogP contribution >= 0.6 is 11.3 Å². The predicted molar refractivity (Wildman–Crippen MR) is 113 cm³/mol. The number of aromatic nitrogens is 1. The Hall–Kier alpha value is -3.30. The maximum Gasteiger partial charge on any atom is 0.321 e. The summed E-state index contributed by atoms with van der Waals surface area (Å²) in [6, 6.07) is 5.33. The molecule has 7 nitrogen and oxygen atoms in total. The third-order valence-corrected chi connectivity index (χ3v) is 5.71. The highest BCUT2D eigenvalue weighted by atomic mass is 32.1. The summed E-state index contributed by atoms with van der Waals surface area (Å²) in [5.74, 6) is -5.51. The quantitative estimate of drug-likeness (QED) is 0.649. The molecule has 0 bridgehead atoms. The second kappa shape index (κ2) is 10.1. The number of hydrogen-bond donors (Lipinski definition) is 2. The molecule has 1 aromatic carbocycles. The minimum Gasteiger partial charge on any atom is -0.480 e. The van der Waals surface area contributed by atoms with Crippen LogP contribution in [-0.4, -0.2) is 57.9 Å². The van der Waals surface area contributed by atoms with E-state index in [-0.39, 0.29) is 6.54 Å². The van der Waals surface area contributed by atoms with Gasteiger partial charge in [0.1, 0.15) is 6.04 Å². The number of amidine groups is 1. The Bertz CT molecular complexity index is 1090. The van der Waals surface area contributed by atoms with Gasteiger partial charge in [-0.2, -0.15) is 5.26 Å². The van der Waals surface area contributed by atoms with Gasteiger partial charge in [-0.15, -0.1) is 11.3 Å². The maximum absolute atomic E-state index is 13.7. The Morgan fingerprint density at radius 3 is 2.55 bits per heavy atom. The first-order valence-electron chi connectivity index (χ1n) is 9.74. The summed E-state index contributed by atoms with van der Waals surface area (Å²) >= 11 is 1.35. The first-order chi connectivity index (χ1) is 15.6. The lowest BCUT2D eigenvalue weighted by atomic mass is 10.1. The van der Waals surface area contributed by atoms with Crippen molar-refractivity contribution >= 4 is 23.1 Å². The Morgan fingerprint density at radius 2 is 2.03 bits per heavy atom. The number of benzene rings is 1. The molecule has 0 amide bonds.